The molecule has 0 bridgehead atoms. The van der Waals surface area contributed by atoms with Gasteiger partial charge < -0.3 is 5.32 Å². The summed E-state index contributed by atoms with van der Waals surface area (Å²) >= 11 is 16.3. The molecule has 1 atom stereocenters. The van der Waals surface area contributed by atoms with E-state index in [1.54, 1.807) is 0 Å². The molecule has 1 N–H and O–H groups in total. The summed E-state index contributed by atoms with van der Waals surface area (Å²) in [6.07, 6.45) is 1.85. The van der Waals surface area contributed by atoms with Gasteiger partial charge in [-0.3, -0.25) is 0 Å². The molecule has 0 saturated heterocycles. The third-order valence-corrected chi connectivity index (χ3v) is 4.82. The third kappa shape index (κ3) is 4.46. The summed E-state index contributed by atoms with van der Waals surface area (Å²) in [6, 6.07) is 14.1. The predicted molar refractivity (Wildman–Crippen MR) is 95.3 cm³/mol. The number of hydrogen-bond donors (Lipinski definition) is 1. The van der Waals surface area contributed by atoms with E-state index in [0.29, 0.717) is 0 Å². The summed E-state index contributed by atoms with van der Waals surface area (Å²) < 4.78 is 1.10. The molecule has 0 fully saturated rings. The fraction of sp³-hybridized carbons (Fsp3) is 0.294. The average Bonchev–Trinajstić information content (AvgIpc) is 2.47. The van der Waals surface area contributed by atoms with Crippen LogP contribution in [0.4, 0.5) is 0 Å². The Kier molecular flexibility index (Phi) is 6.56. The second-order valence-corrected chi connectivity index (χ2v) is 6.60. The Labute approximate surface area is 144 Å². The number of nitrogens with one attached hydrogen (secondary N) is 1. The molecule has 1 unspecified atom stereocenters. The molecule has 0 radical (unpaired) electrons. The van der Waals surface area contributed by atoms with E-state index < -0.39 is 0 Å². The molecule has 0 aliphatic heterocycles. The maximum Gasteiger partial charge on any atom is 0.0453 e. The van der Waals surface area contributed by atoms with Gasteiger partial charge in [0.15, 0.2) is 0 Å². The molecule has 21 heavy (non-hydrogen) atoms. The van der Waals surface area contributed by atoms with Gasteiger partial charge in [0, 0.05) is 20.6 Å². The lowest BCUT2D eigenvalue weighted by Crippen LogP contribution is -2.24. The van der Waals surface area contributed by atoms with E-state index in [4.69, 9.17) is 23.2 Å². The maximum absolute atomic E-state index is 6.31. The first-order chi connectivity index (χ1) is 10.1. The van der Waals surface area contributed by atoms with Gasteiger partial charge in [-0.15, -0.1) is 0 Å². The van der Waals surface area contributed by atoms with Gasteiger partial charge in [-0.05, 0) is 48.7 Å². The van der Waals surface area contributed by atoms with Crippen molar-refractivity contribution < 1.29 is 0 Å². The lowest BCUT2D eigenvalue weighted by Gasteiger charge is -2.21. The minimum atomic E-state index is 0.179. The highest BCUT2D eigenvalue weighted by atomic mass is 79.9. The van der Waals surface area contributed by atoms with Crippen molar-refractivity contribution in [1.29, 1.82) is 0 Å². The van der Waals surface area contributed by atoms with Crippen LogP contribution >= 0.6 is 39.1 Å². The molecule has 2 aromatic carbocycles. The highest BCUT2D eigenvalue weighted by molar-refractivity contribution is 9.10. The summed E-state index contributed by atoms with van der Waals surface area (Å²) in [6.45, 7) is 3.11. The fourth-order valence-corrected chi connectivity index (χ4v) is 3.41. The minimum Gasteiger partial charge on any atom is -0.310 e. The molecule has 112 valence electrons. The Morgan fingerprint density at radius 2 is 1.71 bits per heavy atom. The highest BCUT2D eigenvalue weighted by Crippen LogP contribution is 2.31. The summed E-state index contributed by atoms with van der Waals surface area (Å²) in [7, 11) is 0. The van der Waals surface area contributed by atoms with Gasteiger partial charge in [-0.25, -0.2) is 0 Å². The van der Waals surface area contributed by atoms with Gasteiger partial charge in [-0.1, -0.05) is 70.3 Å². The zero-order valence-electron chi connectivity index (χ0n) is 11.9. The normalized spacial score (nSPS) is 12.4. The molecule has 0 spiro atoms. The van der Waals surface area contributed by atoms with Crippen LogP contribution in [0.2, 0.25) is 10.0 Å². The zero-order valence-corrected chi connectivity index (χ0v) is 15.0. The van der Waals surface area contributed by atoms with Gasteiger partial charge in [0.1, 0.15) is 0 Å². The summed E-state index contributed by atoms with van der Waals surface area (Å²) in [5.74, 6) is 0. The first-order valence-electron chi connectivity index (χ1n) is 7.04. The Balaban J connectivity index is 2.31. The topological polar surface area (TPSA) is 12.0 Å². The summed E-state index contributed by atoms with van der Waals surface area (Å²) in [5.41, 5.74) is 2.21. The molecule has 0 aliphatic rings. The molecule has 0 aromatic heterocycles. The van der Waals surface area contributed by atoms with Crippen molar-refractivity contribution >= 4 is 39.1 Å². The Bertz CT molecular complexity index is 581. The van der Waals surface area contributed by atoms with Crippen molar-refractivity contribution in [3.8, 4) is 0 Å². The fourth-order valence-electron chi connectivity index (χ4n) is 2.30. The zero-order chi connectivity index (χ0) is 15.2. The molecule has 1 nitrogen and oxygen atoms in total. The monoisotopic (exact) mass is 385 g/mol. The van der Waals surface area contributed by atoms with Gasteiger partial charge in [0.05, 0.1) is 0 Å². The van der Waals surface area contributed by atoms with Crippen molar-refractivity contribution in [2.24, 2.45) is 0 Å². The van der Waals surface area contributed by atoms with E-state index in [1.807, 2.05) is 24.3 Å². The van der Waals surface area contributed by atoms with Gasteiger partial charge >= 0.3 is 0 Å². The van der Waals surface area contributed by atoms with E-state index in [-0.39, 0.29) is 6.04 Å². The second-order valence-electron chi connectivity index (χ2n) is 4.93. The predicted octanol–water partition coefficient (Wildman–Crippen LogP) is 6.04. The molecule has 0 aliphatic carbocycles. The quantitative estimate of drug-likeness (QED) is 0.638. The summed E-state index contributed by atoms with van der Waals surface area (Å²) in [5, 5.41) is 5.02. The van der Waals surface area contributed by atoms with Gasteiger partial charge in [0.2, 0.25) is 0 Å². The number of halogens is 3. The van der Waals surface area contributed by atoms with Crippen molar-refractivity contribution in [3.63, 3.8) is 0 Å². The van der Waals surface area contributed by atoms with Crippen LogP contribution in [0.15, 0.2) is 46.9 Å². The summed E-state index contributed by atoms with van der Waals surface area (Å²) in [4.78, 5) is 0. The lowest BCUT2D eigenvalue weighted by molar-refractivity contribution is 0.528. The van der Waals surface area contributed by atoms with Crippen LogP contribution < -0.4 is 5.32 Å². The number of hydrogen-bond acceptors (Lipinski definition) is 1. The SMILES string of the molecule is CCCNC(Cc1c(Cl)cccc1Cl)c1ccccc1Br. The first-order valence-corrected chi connectivity index (χ1v) is 8.59. The largest absolute Gasteiger partial charge is 0.310 e. The highest BCUT2D eigenvalue weighted by Gasteiger charge is 2.17. The molecule has 0 amide bonds. The van der Waals surface area contributed by atoms with Gasteiger partial charge in [0.25, 0.3) is 0 Å². The van der Waals surface area contributed by atoms with Crippen LogP contribution in [-0.4, -0.2) is 6.54 Å². The molecule has 2 rings (SSSR count). The van der Waals surface area contributed by atoms with Gasteiger partial charge in [-0.2, -0.15) is 0 Å². The second kappa shape index (κ2) is 8.19. The minimum absolute atomic E-state index is 0.179. The Morgan fingerprint density at radius 1 is 1.05 bits per heavy atom. The molecule has 4 heteroatoms. The maximum atomic E-state index is 6.31. The van der Waals surface area contributed by atoms with Crippen molar-refractivity contribution in [2.45, 2.75) is 25.8 Å². The van der Waals surface area contributed by atoms with E-state index in [1.165, 1.54) is 5.56 Å². The van der Waals surface area contributed by atoms with Crippen LogP contribution in [0.25, 0.3) is 0 Å². The van der Waals surface area contributed by atoms with Crippen LogP contribution in [-0.2, 0) is 6.42 Å². The third-order valence-electron chi connectivity index (χ3n) is 3.39. The molecular weight excluding hydrogens is 369 g/mol. The lowest BCUT2D eigenvalue weighted by atomic mass is 9.98. The van der Waals surface area contributed by atoms with Crippen LogP contribution in [0.5, 0.6) is 0 Å². The van der Waals surface area contributed by atoms with E-state index in [0.717, 1.165) is 39.5 Å². The van der Waals surface area contributed by atoms with E-state index in [9.17, 15) is 0 Å². The average molecular weight is 387 g/mol. The number of benzene rings is 2. The van der Waals surface area contributed by atoms with Crippen LogP contribution in [0.1, 0.15) is 30.5 Å². The standard InChI is InChI=1S/C17H18BrCl2N/c1-2-10-21-17(12-6-3-4-7-14(12)18)11-13-15(19)8-5-9-16(13)20/h3-9,17,21H,2,10-11H2,1H3. The first kappa shape index (κ1) is 16.8. The van der Waals surface area contributed by atoms with Crippen LogP contribution in [0.3, 0.4) is 0 Å². The number of rotatable bonds is 6. The molecule has 2 aromatic rings. The van der Waals surface area contributed by atoms with E-state index in [2.05, 4.69) is 46.4 Å². The molecule has 0 saturated carbocycles. The molecular formula is C17H18BrCl2N. The Hall–Kier alpha value is -0.540. The molecule has 0 heterocycles. The smallest absolute Gasteiger partial charge is 0.0453 e. The van der Waals surface area contributed by atoms with Crippen LogP contribution in [0, 0.1) is 0 Å². The van der Waals surface area contributed by atoms with Crippen molar-refractivity contribution in [2.75, 3.05) is 6.54 Å². The Morgan fingerprint density at radius 3 is 2.33 bits per heavy atom. The van der Waals surface area contributed by atoms with Crippen molar-refractivity contribution in [3.05, 3.63) is 68.1 Å². The van der Waals surface area contributed by atoms with E-state index >= 15 is 0 Å². The van der Waals surface area contributed by atoms with Crippen molar-refractivity contribution in [1.82, 2.24) is 5.32 Å².